The first-order valence-electron chi connectivity index (χ1n) is 9.09. The molecule has 0 aliphatic carbocycles. The van der Waals surface area contributed by atoms with Crippen molar-refractivity contribution >= 4 is 17.4 Å². The molecule has 1 fully saturated rings. The van der Waals surface area contributed by atoms with Crippen LogP contribution in [-0.2, 0) is 14.3 Å². The van der Waals surface area contributed by atoms with E-state index in [0.717, 1.165) is 57.1 Å². The minimum absolute atomic E-state index is 0.318. The Morgan fingerprint density at radius 2 is 2.00 bits per heavy atom. The van der Waals surface area contributed by atoms with Crippen molar-refractivity contribution in [3.8, 4) is 5.75 Å². The van der Waals surface area contributed by atoms with E-state index >= 15 is 0 Å². The fourth-order valence-corrected chi connectivity index (χ4v) is 2.57. The molecule has 0 amide bonds. The highest BCUT2D eigenvalue weighted by Crippen LogP contribution is 2.19. The largest absolute Gasteiger partial charge is 0.494 e. The van der Waals surface area contributed by atoms with E-state index in [4.69, 9.17) is 9.47 Å². The molecule has 6 heteroatoms. The predicted octanol–water partition coefficient (Wildman–Crippen LogP) is 3.23. The van der Waals surface area contributed by atoms with Gasteiger partial charge >= 0.3 is 0 Å². The first-order chi connectivity index (χ1) is 12.5. The highest BCUT2D eigenvalue weighted by molar-refractivity contribution is 5.80. The maximum absolute atomic E-state index is 9.60. The molecule has 1 aromatic heterocycles. The molecule has 0 radical (unpaired) electrons. The molecule has 0 spiro atoms. The zero-order valence-electron chi connectivity index (χ0n) is 16.0. The number of carbonyl (C=O) groups is 1. The molecule has 2 aromatic rings. The fraction of sp³-hybridized carbons (Fsp3) is 0.550. The number of aromatic amines is 1. The Labute approximate surface area is 155 Å². The van der Waals surface area contributed by atoms with Crippen LogP contribution in [0.3, 0.4) is 0 Å². The molecule has 1 aromatic carbocycles. The van der Waals surface area contributed by atoms with Crippen LogP contribution >= 0.6 is 0 Å². The van der Waals surface area contributed by atoms with Gasteiger partial charge in [0, 0.05) is 36.7 Å². The number of morpholine rings is 1. The number of nitrogens with one attached hydrogen (secondary N) is 1. The van der Waals surface area contributed by atoms with Crippen LogP contribution in [0.5, 0.6) is 5.75 Å². The zero-order valence-corrected chi connectivity index (χ0v) is 16.0. The van der Waals surface area contributed by atoms with Crippen LogP contribution in [-0.4, -0.2) is 61.4 Å². The number of carbonyl (C=O) groups excluding carboxylic acids is 1. The molecule has 1 aliphatic heterocycles. The highest BCUT2D eigenvalue weighted by atomic mass is 16.5. The highest BCUT2D eigenvalue weighted by Gasteiger charge is 2.09. The van der Waals surface area contributed by atoms with E-state index in [1.807, 2.05) is 33.0 Å². The van der Waals surface area contributed by atoms with Crippen molar-refractivity contribution in [2.24, 2.45) is 0 Å². The molecule has 1 saturated heterocycles. The van der Waals surface area contributed by atoms with Gasteiger partial charge < -0.3 is 19.2 Å². The Balaban J connectivity index is 0.000000298. The molecule has 2 heterocycles. The zero-order chi connectivity index (χ0) is 18.8. The van der Waals surface area contributed by atoms with Crippen LogP contribution in [0.2, 0.25) is 0 Å². The second-order valence-corrected chi connectivity index (χ2v) is 7.21. The number of nitrogens with zero attached hydrogens (tertiary/aromatic N) is 1. The van der Waals surface area contributed by atoms with E-state index in [1.54, 1.807) is 0 Å². The van der Waals surface area contributed by atoms with E-state index in [0.29, 0.717) is 6.47 Å². The Morgan fingerprint density at radius 3 is 2.65 bits per heavy atom. The Morgan fingerprint density at radius 1 is 1.23 bits per heavy atom. The average Bonchev–Trinajstić information content (AvgIpc) is 3.07. The summed E-state index contributed by atoms with van der Waals surface area (Å²) in [5.74, 6) is 0.953. The summed E-state index contributed by atoms with van der Waals surface area (Å²) in [5, 5.41) is 1.20. The van der Waals surface area contributed by atoms with E-state index < -0.39 is 0 Å². The van der Waals surface area contributed by atoms with Gasteiger partial charge in [-0.1, -0.05) is 0 Å². The third-order valence-corrected chi connectivity index (χ3v) is 3.92. The molecule has 144 valence electrons. The second kappa shape index (κ2) is 10.2. The number of ether oxygens (including phenoxy) is 3. The third kappa shape index (κ3) is 7.45. The van der Waals surface area contributed by atoms with E-state index in [1.165, 1.54) is 5.39 Å². The lowest BCUT2D eigenvalue weighted by Crippen LogP contribution is -2.37. The van der Waals surface area contributed by atoms with Crippen LogP contribution in [0.1, 0.15) is 27.2 Å². The van der Waals surface area contributed by atoms with Crippen molar-refractivity contribution in [2.75, 3.05) is 39.5 Å². The van der Waals surface area contributed by atoms with Crippen molar-refractivity contribution in [2.45, 2.75) is 32.8 Å². The number of rotatable bonds is 6. The van der Waals surface area contributed by atoms with Crippen molar-refractivity contribution in [1.82, 2.24) is 9.88 Å². The fourth-order valence-electron chi connectivity index (χ4n) is 2.57. The Bertz CT molecular complexity index is 657. The lowest BCUT2D eigenvalue weighted by molar-refractivity contribution is -0.138. The molecule has 0 saturated carbocycles. The number of aromatic nitrogens is 1. The Hall–Kier alpha value is -2.05. The summed E-state index contributed by atoms with van der Waals surface area (Å²) in [5.41, 5.74) is 0.836. The van der Waals surface area contributed by atoms with Crippen LogP contribution in [0.25, 0.3) is 10.9 Å². The van der Waals surface area contributed by atoms with Gasteiger partial charge in [-0.3, -0.25) is 9.69 Å². The number of benzene rings is 1. The molecule has 6 nitrogen and oxygen atoms in total. The number of fused-ring (bicyclic) bond motifs is 1. The maximum Gasteiger partial charge on any atom is 0.293 e. The number of hydrogen-bond donors (Lipinski definition) is 1. The van der Waals surface area contributed by atoms with Gasteiger partial charge in [-0.25, -0.2) is 0 Å². The quantitative estimate of drug-likeness (QED) is 0.631. The average molecular weight is 362 g/mol. The summed E-state index contributed by atoms with van der Waals surface area (Å²) in [6, 6.07) is 8.23. The van der Waals surface area contributed by atoms with Gasteiger partial charge in [-0.2, -0.15) is 0 Å². The third-order valence-electron chi connectivity index (χ3n) is 3.92. The van der Waals surface area contributed by atoms with Crippen LogP contribution < -0.4 is 4.74 Å². The van der Waals surface area contributed by atoms with Gasteiger partial charge in [0.2, 0.25) is 0 Å². The SMILES string of the molecule is CC(C)(C)OC=O.c1cc2cc(OCCCN3CCOCC3)ccc2[nH]1. The van der Waals surface area contributed by atoms with Crippen molar-refractivity contribution in [3.05, 3.63) is 30.5 Å². The first kappa shape index (κ1) is 20.3. The van der Waals surface area contributed by atoms with E-state index in [2.05, 4.69) is 32.8 Å². The van der Waals surface area contributed by atoms with Gasteiger partial charge in [-0.05, 0) is 51.5 Å². The lowest BCUT2D eigenvalue weighted by Gasteiger charge is -2.26. The standard InChI is InChI=1S/C15H20N2O2.C5H10O2/c1(6-17-7-10-18-11-8-17)9-19-14-2-3-15-13(12-14)4-5-16-15;1-5(2,3)7-4-6/h2-5,12,16H,1,6-11H2;4H,1-3H3. The van der Waals surface area contributed by atoms with Gasteiger partial charge in [-0.15, -0.1) is 0 Å². The second-order valence-electron chi connectivity index (χ2n) is 7.21. The van der Waals surface area contributed by atoms with Crippen molar-refractivity contribution < 1.29 is 19.0 Å². The molecule has 0 bridgehead atoms. The van der Waals surface area contributed by atoms with Gasteiger partial charge in [0.15, 0.2) is 0 Å². The van der Waals surface area contributed by atoms with Gasteiger partial charge in [0.1, 0.15) is 11.4 Å². The summed E-state index contributed by atoms with van der Waals surface area (Å²) >= 11 is 0. The maximum atomic E-state index is 9.60. The molecule has 1 N–H and O–H groups in total. The molecule has 0 unspecified atom stereocenters. The normalized spacial score (nSPS) is 15.2. The van der Waals surface area contributed by atoms with Crippen LogP contribution in [0.4, 0.5) is 0 Å². The molecular formula is C20H30N2O4. The molecule has 26 heavy (non-hydrogen) atoms. The summed E-state index contributed by atoms with van der Waals surface area (Å²) in [7, 11) is 0. The van der Waals surface area contributed by atoms with Crippen LogP contribution in [0.15, 0.2) is 30.5 Å². The first-order valence-corrected chi connectivity index (χ1v) is 9.09. The summed E-state index contributed by atoms with van der Waals surface area (Å²) in [6.45, 7) is 11.6. The van der Waals surface area contributed by atoms with E-state index in [9.17, 15) is 4.79 Å². The topological polar surface area (TPSA) is 63.8 Å². The van der Waals surface area contributed by atoms with Crippen molar-refractivity contribution in [1.29, 1.82) is 0 Å². The summed E-state index contributed by atoms with van der Waals surface area (Å²) in [4.78, 5) is 15.2. The molecular weight excluding hydrogens is 332 g/mol. The minimum atomic E-state index is -0.318. The summed E-state index contributed by atoms with van der Waals surface area (Å²) in [6.07, 6.45) is 3.01. The van der Waals surface area contributed by atoms with Crippen molar-refractivity contribution in [3.63, 3.8) is 0 Å². The lowest BCUT2D eigenvalue weighted by atomic mass is 10.2. The molecule has 3 rings (SSSR count). The Kier molecular flexibility index (Phi) is 7.94. The number of hydrogen-bond acceptors (Lipinski definition) is 5. The summed E-state index contributed by atoms with van der Waals surface area (Å²) < 4.78 is 15.7. The van der Waals surface area contributed by atoms with E-state index in [-0.39, 0.29) is 5.60 Å². The molecule has 1 aliphatic rings. The monoisotopic (exact) mass is 362 g/mol. The number of H-pyrrole nitrogens is 1. The molecule has 0 atom stereocenters. The smallest absolute Gasteiger partial charge is 0.293 e. The minimum Gasteiger partial charge on any atom is -0.494 e. The van der Waals surface area contributed by atoms with Gasteiger partial charge in [0.05, 0.1) is 19.8 Å². The van der Waals surface area contributed by atoms with Crippen LogP contribution in [0, 0.1) is 0 Å². The van der Waals surface area contributed by atoms with Gasteiger partial charge in [0.25, 0.3) is 6.47 Å². The predicted molar refractivity (Wildman–Crippen MR) is 103 cm³/mol.